The molecule has 0 amide bonds. The van der Waals surface area contributed by atoms with Crippen LogP contribution in [0.3, 0.4) is 0 Å². The highest BCUT2D eigenvalue weighted by Gasteiger charge is 2.05. The highest BCUT2D eigenvalue weighted by molar-refractivity contribution is 9.10. The summed E-state index contributed by atoms with van der Waals surface area (Å²) in [6.45, 7) is 0.904. The van der Waals surface area contributed by atoms with Crippen LogP contribution >= 0.6 is 27.3 Å². The van der Waals surface area contributed by atoms with E-state index in [1.807, 2.05) is 18.5 Å². The van der Waals surface area contributed by atoms with Gasteiger partial charge in [0.25, 0.3) is 0 Å². The number of halogens is 1. The molecule has 2 heterocycles. The maximum atomic E-state index is 4.47. The van der Waals surface area contributed by atoms with Gasteiger partial charge < -0.3 is 4.57 Å². The van der Waals surface area contributed by atoms with Crippen LogP contribution in [0.1, 0.15) is 16.3 Å². The van der Waals surface area contributed by atoms with E-state index in [-0.39, 0.29) is 0 Å². The average Bonchev–Trinajstić information content (AvgIpc) is 3.03. The van der Waals surface area contributed by atoms with Crippen LogP contribution < -0.4 is 0 Å². The first-order valence-corrected chi connectivity index (χ1v) is 7.75. The Hall–Kier alpha value is -1.39. The number of aromatic nitrogens is 2. The van der Waals surface area contributed by atoms with E-state index in [1.165, 1.54) is 10.4 Å². The third kappa shape index (κ3) is 3.14. The largest absolute Gasteiger partial charge is 0.329 e. The minimum absolute atomic E-state index is 0.859. The summed E-state index contributed by atoms with van der Waals surface area (Å²) in [5.41, 5.74) is 1.27. The van der Waals surface area contributed by atoms with Crippen LogP contribution in [0.5, 0.6) is 0 Å². The zero-order chi connectivity index (χ0) is 13.1. The molecule has 0 N–H and O–H groups in total. The van der Waals surface area contributed by atoms with Crippen LogP contribution in [0.15, 0.2) is 58.6 Å². The Morgan fingerprint density at radius 3 is 2.95 bits per heavy atom. The molecule has 0 fully saturated rings. The van der Waals surface area contributed by atoms with E-state index in [2.05, 4.69) is 61.2 Å². The first-order valence-electron chi connectivity index (χ1n) is 6.08. The summed E-state index contributed by atoms with van der Waals surface area (Å²) in [7, 11) is 0. The van der Waals surface area contributed by atoms with Crippen molar-refractivity contribution in [2.45, 2.75) is 13.0 Å². The summed E-state index contributed by atoms with van der Waals surface area (Å²) in [5.74, 6) is 1.10. The lowest BCUT2D eigenvalue weighted by Crippen LogP contribution is -2.04. The third-order valence-corrected chi connectivity index (χ3v) is 4.31. The number of benzene rings is 1. The minimum atomic E-state index is 0.859. The van der Waals surface area contributed by atoms with Gasteiger partial charge in [-0.3, -0.25) is 0 Å². The second kappa shape index (κ2) is 5.72. The molecule has 0 saturated heterocycles. The van der Waals surface area contributed by atoms with Gasteiger partial charge in [0.15, 0.2) is 0 Å². The summed E-state index contributed by atoms with van der Waals surface area (Å²) in [5, 5.41) is 2.11. The molecule has 19 heavy (non-hydrogen) atoms. The molecular weight excluding hydrogens is 320 g/mol. The van der Waals surface area contributed by atoms with E-state index in [1.54, 1.807) is 11.3 Å². The second-order valence-corrected chi connectivity index (χ2v) is 6.31. The molecule has 0 saturated carbocycles. The van der Waals surface area contributed by atoms with Crippen LogP contribution in [0.25, 0.3) is 0 Å². The summed E-state index contributed by atoms with van der Waals surface area (Å²) >= 11 is 5.29. The smallest absolute Gasteiger partial charge is 0.113 e. The van der Waals surface area contributed by atoms with Gasteiger partial charge >= 0.3 is 0 Å². The van der Waals surface area contributed by atoms with Crippen molar-refractivity contribution in [3.63, 3.8) is 0 Å². The van der Waals surface area contributed by atoms with Crippen molar-refractivity contribution in [2.24, 2.45) is 0 Å². The van der Waals surface area contributed by atoms with Crippen molar-refractivity contribution >= 4 is 27.3 Å². The minimum Gasteiger partial charge on any atom is -0.329 e. The third-order valence-electron chi connectivity index (χ3n) is 2.96. The molecule has 3 rings (SSSR count). The first kappa shape index (κ1) is 12.6. The lowest BCUT2D eigenvalue weighted by atomic mass is 10.1. The zero-order valence-electron chi connectivity index (χ0n) is 10.3. The molecule has 0 aliphatic rings. The van der Waals surface area contributed by atoms with E-state index < -0.39 is 0 Å². The van der Waals surface area contributed by atoms with Crippen molar-refractivity contribution < 1.29 is 0 Å². The number of imidazole rings is 1. The van der Waals surface area contributed by atoms with E-state index >= 15 is 0 Å². The molecule has 0 radical (unpaired) electrons. The van der Waals surface area contributed by atoms with E-state index in [0.29, 0.717) is 0 Å². The molecular formula is C15H13BrN2S. The summed E-state index contributed by atoms with van der Waals surface area (Å²) in [4.78, 5) is 5.83. The Bertz CT molecular complexity index is 658. The SMILES string of the molecule is Brc1cccc(Cc2nccn2Cc2cccs2)c1. The Morgan fingerprint density at radius 1 is 1.21 bits per heavy atom. The van der Waals surface area contributed by atoms with Gasteiger partial charge in [-0.1, -0.05) is 34.1 Å². The molecule has 3 aromatic rings. The molecule has 2 aromatic heterocycles. The van der Waals surface area contributed by atoms with Gasteiger partial charge in [-0.2, -0.15) is 0 Å². The fraction of sp³-hybridized carbons (Fsp3) is 0.133. The Kier molecular flexibility index (Phi) is 3.80. The average molecular weight is 333 g/mol. The predicted octanol–water partition coefficient (Wildman–Crippen LogP) is 4.35. The molecule has 0 aliphatic heterocycles. The molecule has 1 aromatic carbocycles. The van der Waals surface area contributed by atoms with E-state index in [4.69, 9.17) is 0 Å². The van der Waals surface area contributed by atoms with Crippen molar-refractivity contribution in [2.75, 3.05) is 0 Å². The monoisotopic (exact) mass is 332 g/mol. The predicted molar refractivity (Wildman–Crippen MR) is 82.6 cm³/mol. The zero-order valence-corrected chi connectivity index (χ0v) is 12.7. The van der Waals surface area contributed by atoms with Crippen LogP contribution in [0.4, 0.5) is 0 Å². The maximum absolute atomic E-state index is 4.47. The van der Waals surface area contributed by atoms with Gasteiger partial charge in [0.1, 0.15) is 5.82 Å². The number of rotatable bonds is 4. The lowest BCUT2D eigenvalue weighted by molar-refractivity contribution is 0.749. The number of thiophene rings is 1. The van der Waals surface area contributed by atoms with Gasteiger partial charge in [-0.05, 0) is 29.1 Å². The van der Waals surface area contributed by atoms with E-state index in [0.717, 1.165) is 23.3 Å². The van der Waals surface area contributed by atoms with Gasteiger partial charge in [0.05, 0.1) is 6.54 Å². The molecule has 2 nitrogen and oxygen atoms in total. The van der Waals surface area contributed by atoms with Crippen molar-refractivity contribution in [1.82, 2.24) is 9.55 Å². The van der Waals surface area contributed by atoms with Gasteiger partial charge in [0, 0.05) is 28.2 Å². The molecule has 0 atom stereocenters. The lowest BCUT2D eigenvalue weighted by Gasteiger charge is -2.07. The molecule has 0 aliphatic carbocycles. The highest BCUT2D eigenvalue weighted by atomic mass is 79.9. The molecule has 0 spiro atoms. The summed E-state index contributed by atoms with van der Waals surface area (Å²) < 4.78 is 3.33. The van der Waals surface area contributed by atoms with Crippen molar-refractivity contribution in [1.29, 1.82) is 0 Å². The fourth-order valence-corrected chi connectivity index (χ4v) is 3.20. The van der Waals surface area contributed by atoms with Gasteiger partial charge in [-0.25, -0.2) is 4.98 Å². The number of nitrogens with zero attached hydrogens (tertiary/aromatic N) is 2. The normalized spacial score (nSPS) is 10.8. The van der Waals surface area contributed by atoms with Crippen LogP contribution in [-0.2, 0) is 13.0 Å². The summed E-state index contributed by atoms with van der Waals surface area (Å²) in [6.07, 6.45) is 4.78. The molecule has 96 valence electrons. The van der Waals surface area contributed by atoms with Crippen molar-refractivity contribution in [3.05, 3.63) is 74.9 Å². The van der Waals surface area contributed by atoms with Crippen LogP contribution in [0, 0.1) is 0 Å². The number of hydrogen-bond acceptors (Lipinski definition) is 2. The molecule has 4 heteroatoms. The fourth-order valence-electron chi connectivity index (χ4n) is 2.05. The Morgan fingerprint density at radius 2 is 2.16 bits per heavy atom. The Balaban J connectivity index is 1.80. The van der Waals surface area contributed by atoms with Crippen molar-refractivity contribution in [3.8, 4) is 0 Å². The summed E-state index contributed by atoms with van der Waals surface area (Å²) in [6, 6.07) is 12.6. The standard InChI is InChI=1S/C15H13BrN2S/c16-13-4-1-3-12(9-13)10-15-17-6-7-18(15)11-14-5-2-8-19-14/h1-9H,10-11H2. The van der Waals surface area contributed by atoms with Gasteiger partial charge in [0.2, 0.25) is 0 Å². The van der Waals surface area contributed by atoms with E-state index in [9.17, 15) is 0 Å². The van der Waals surface area contributed by atoms with Gasteiger partial charge in [-0.15, -0.1) is 11.3 Å². The first-order chi connectivity index (χ1) is 9.31. The maximum Gasteiger partial charge on any atom is 0.113 e. The topological polar surface area (TPSA) is 17.8 Å². The quantitative estimate of drug-likeness (QED) is 0.694. The number of hydrogen-bond donors (Lipinski definition) is 0. The van der Waals surface area contributed by atoms with Crippen LogP contribution in [-0.4, -0.2) is 9.55 Å². The molecule has 0 bridgehead atoms. The molecule has 0 unspecified atom stereocenters. The van der Waals surface area contributed by atoms with Crippen LogP contribution in [0.2, 0.25) is 0 Å². The highest BCUT2D eigenvalue weighted by Crippen LogP contribution is 2.16. The Labute approximate surface area is 124 Å². The second-order valence-electron chi connectivity index (χ2n) is 4.36.